The summed E-state index contributed by atoms with van der Waals surface area (Å²) < 4.78 is 34.1. The molecule has 9 nitrogen and oxygen atoms in total. The minimum absolute atomic E-state index is 0.104. The highest BCUT2D eigenvalue weighted by Gasteiger charge is 2.27. The Bertz CT molecular complexity index is 1280. The van der Waals surface area contributed by atoms with Gasteiger partial charge in [-0.25, -0.2) is 27.9 Å². The van der Waals surface area contributed by atoms with E-state index in [1.54, 1.807) is 42.9 Å². The quantitative estimate of drug-likeness (QED) is 0.337. The van der Waals surface area contributed by atoms with Crippen LogP contribution in [0.4, 0.5) is 4.79 Å². The second-order valence-electron chi connectivity index (χ2n) is 9.58. The van der Waals surface area contributed by atoms with E-state index in [-0.39, 0.29) is 23.1 Å². The van der Waals surface area contributed by atoms with Crippen molar-refractivity contribution in [2.45, 2.75) is 82.3 Å². The molecule has 11 heteroatoms. The van der Waals surface area contributed by atoms with E-state index < -0.39 is 10.0 Å². The molecule has 0 saturated heterocycles. The fourth-order valence-corrected chi connectivity index (χ4v) is 7.11. The van der Waals surface area contributed by atoms with Crippen molar-refractivity contribution in [1.82, 2.24) is 25.0 Å². The molecule has 200 valence electrons. The topological polar surface area (TPSA) is 126 Å². The molecule has 0 aliphatic heterocycles. The van der Waals surface area contributed by atoms with Gasteiger partial charge in [-0.2, -0.15) is 0 Å². The van der Waals surface area contributed by atoms with Crippen molar-refractivity contribution in [3.63, 3.8) is 0 Å². The van der Waals surface area contributed by atoms with Gasteiger partial charge in [-0.15, -0.1) is 11.3 Å². The summed E-state index contributed by atoms with van der Waals surface area (Å²) in [5, 5.41) is 3.96. The number of amides is 1. The lowest BCUT2D eigenvalue weighted by Gasteiger charge is -2.28. The van der Waals surface area contributed by atoms with Gasteiger partial charge in [0.15, 0.2) is 0 Å². The molecular weight excluding hydrogens is 510 g/mol. The molecule has 2 heterocycles. The van der Waals surface area contributed by atoms with Gasteiger partial charge in [-0.3, -0.25) is 0 Å². The molecule has 0 unspecified atom stereocenters. The van der Waals surface area contributed by atoms with E-state index in [2.05, 4.69) is 25.0 Å². The number of carbonyl (C=O) groups excluding carboxylic acids is 1. The predicted molar refractivity (Wildman–Crippen MR) is 144 cm³/mol. The molecule has 1 fully saturated rings. The molecule has 3 N–H and O–H groups in total. The van der Waals surface area contributed by atoms with Gasteiger partial charge in [0.05, 0.1) is 20.9 Å². The third-order valence-electron chi connectivity index (χ3n) is 6.41. The molecule has 1 aromatic carbocycles. The van der Waals surface area contributed by atoms with E-state index in [9.17, 15) is 13.2 Å². The third-order valence-corrected chi connectivity index (χ3v) is 9.18. The number of aromatic nitrogens is 3. The molecular formula is C26H35N5O4S2. The number of nitrogens with zero attached hydrogens (tertiary/aromatic N) is 2. The maximum Gasteiger partial charge on any atom is 0.407 e. The highest BCUT2D eigenvalue weighted by atomic mass is 32.2. The monoisotopic (exact) mass is 545 g/mol. The second-order valence-corrected chi connectivity index (χ2v) is 12.4. The van der Waals surface area contributed by atoms with Crippen molar-refractivity contribution in [3.05, 3.63) is 53.2 Å². The largest absolute Gasteiger partial charge is 0.447 e. The van der Waals surface area contributed by atoms with Crippen LogP contribution in [-0.2, 0) is 27.6 Å². The van der Waals surface area contributed by atoms with E-state index in [0.717, 1.165) is 47.0 Å². The van der Waals surface area contributed by atoms with Gasteiger partial charge in [0.1, 0.15) is 5.82 Å². The maximum absolute atomic E-state index is 13.1. The number of rotatable bonds is 10. The van der Waals surface area contributed by atoms with E-state index in [1.807, 2.05) is 26.0 Å². The summed E-state index contributed by atoms with van der Waals surface area (Å²) in [6.45, 7) is 5.75. The van der Waals surface area contributed by atoms with Crippen LogP contribution in [0.3, 0.4) is 0 Å². The second kappa shape index (κ2) is 12.2. The zero-order chi connectivity index (χ0) is 26.4. The minimum atomic E-state index is -3.67. The molecule has 2 aromatic heterocycles. The first-order valence-electron chi connectivity index (χ1n) is 12.8. The van der Waals surface area contributed by atoms with Gasteiger partial charge in [-0.1, -0.05) is 19.1 Å². The number of hydrogen-bond donors (Lipinski definition) is 3. The summed E-state index contributed by atoms with van der Waals surface area (Å²) in [4.78, 5) is 25.1. The van der Waals surface area contributed by atoms with Crippen molar-refractivity contribution in [2.24, 2.45) is 0 Å². The van der Waals surface area contributed by atoms with Crippen LogP contribution in [0.15, 0.2) is 41.7 Å². The van der Waals surface area contributed by atoms with E-state index in [4.69, 9.17) is 4.74 Å². The van der Waals surface area contributed by atoms with E-state index in [1.165, 1.54) is 0 Å². The zero-order valence-corrected chi connectivity index (χ0v) is 23.1. The van der Waals surface area contributed by atoms with Gasteiger partial charge >= 0.3 is 6.09 Å². The van der Waals surface area contributed by atoms with Crippen LogP contribution in [-0.4, -0.2) is 48.2 Å². The van der Waals surface area contributed by atoms with Gasteiger partial charge in [0.25, 0.3) is 0 Å². The SMILES string of the molecule is CCNS(=O)(=O)c1cc(CCc2ncc[nH]2)ccc1-c1cnc(C2CCC(NC(=O)OC(C)C)CC2)s1. The third kappa shape index (κ3) is 7.18. The Balaban J connectivity index is 1.48. The Morgan fingerprint density at radius 2 is 1.97 bits per heavy atom. The summed E-state index contributed by atoms with van der Waals surface area (Å²) in [6, 6.07) is 5.74. The molecule has 0 spiro atoms. The molecule has 1 aliphatic carbocycles. The lowest BCUT2D eigenvalue weighted by Crippen LogP contribution is -2.38. The maximum atomic E-state index is 13.1. The van der Waals surface area contributed by atoms with Crippen LogP contribution in [0.5, 0.6) is 0 Å². The van der Waals surface area contributed by atoms with Gasteiger partial charge in [-0.05, 0) is 57.6 Å². The van der Waals surface area contributed by atoms with Crippen molar-refractivity contribution in [2.75, 3.05) is 6.54 Å². The lowest BCUT2D eigenvalue weighted by molar-refractivity contribution is 0.109. The predicted octanol–water partition coefficient (Wildman–Crippen LogP) is 4.78. The standard InChI is InChI=1S/C26H35N5O4S2/c1-4-30-37(33,34)23-15-18(6-12-24-27-13-14-28-24)5-11-21(23)22-16-29-25(36-22)19-7-9-20(10-8-19)31-26(32)35-17(2)3/h5,11,13-17,19-20,30H,4,6-10,12H2,1-3H3,(H,27,28)(H,31,32). The number of ether oxygens (including phenoxy) is 1. The normalized spacial score (nSPS) is 18.2. The highest BCUT2D eigenvalue weighted by Crippen LogP contribution is 2.39. The Labute approximate surface area is 222 Å². The fraction of sp³-hybridized carbons (Fsp3) is 0.500. The number of aryl methyl sites for hydroxylation is 2. The number of benzene rings is 1. The summed E-state index contributed by atoms with van der Waals surface area (Å²) in [7, 11) is -3.67. The first-order valence-corrected chi connectivity index (χ1v) is 15.1. The average molecular weight is 546 g/mol. The summed E-state index contributed by atoms with van der Waals surface area (Å²) in [5.41, 5.74) is 1.60. The molecule has 0 bridgehead atoms. The number of H-pyrrole nitrogens is 1. The fourth-order valence-electron chi connectivity index (χ4n) is 4.61. The summed E-state index contributed by atoms with van der Waals surface area (Å²) in [6.07, 6.45) is 9.69. The Morgan fingerprint density at radius 3 is 2.65 bits per heavy atom. The first kappa shape index (κ1) is 27.3. The number of alkyl carbamates (subject to hydrolysis) is 1. The molecule has 0 radical (unpaired) electrons. The minimum Gasteiger partial charge on any atom is -0.447 e. The molecule has 1 aliphatic rings. The van der Waals surface area contributed by atoms with Crippen LogP contribution < -0.4 is 10.0 Å². The number of nitrogens with one attached hydrogen (secondary N) is 3. The van der Waals surface area contributed by atoms with Crippen LogP contribution >= 0.6 is 11.3 Å². The first-order chi connectivity index (χ1) is 17.7. The lowest BCUT2D eigenvalue weighted by atomic mass is 9.86. The van der Waals surface area contributed by atoms with E-state index >= 15 is 0 Å². The van der Waals surface area contributed by atoms with Gasteiger partial charge in [0, 0.05) is 49.1 Å². The molecule has 1 saturated carbocycles. The number of imidazole rings is 1. The van der Waals surface area contributed by atoms with Crippen molar-refractivity contribution < 1.29 is 17.9 Å². The molecule has 1 amide bonds. The Kier molecular flexibility index (Phi) is 8.99. The van der Waals surface area contributed by atoms with Crippen LogP contribution in [0.25, 0.3) is 10.4 Å². The Hall–Kier alpha value is -2.76. The smallest absolute Gasteiger partial charge is 0.407 e. The molecule has 3 aromatic rings. The van der Waals surface area contributed by atoms with E-state index in [0.29, 0.717) is 30.9 Å². The van der Waals surface area contributed by atoms with Crippen LogP contribution in [0.2, 0.25) is 0 Å². The summed E-state index contributed by atoms with van der Waals surface area (Å²) >= 11 is 1.55. The number of aromatic amines is 1. The highest BCUT2D eigenvalue weighted by molar-refractivity contribution is 7.89. The number of hydrogen-bond acceptors (Lipinski definition) is 7. The van der Waals surface area contributed by atoms with Crippen molar-refractivity contribution in [1.29, 1.82) is 0 Å². The van der Waals surface area contributed by atoms with Crippen molar-refractivity contribution in [3.8, 4) is 10.4 Å². The van der Waals surface area contributed by atoms with Gasteiger partial charge < -0.3 is 15.0 Å². The zero-order valence-electron chi connectivity index (χ0n) is 21.5. The number of thiazole rings is 1. The number of carbonyl (C=O) groups is 1. The Morgan fingerprint density at radius 1 is 1.19 bits per heavy atom. The van der Waals surface area contributed by atoms with Crippen LogP contribution in [0, 0.1) is 0 Å². The van der Waals surface area contributed by atoms with Crippen molar-refractivity contribution >= 4 is 27.5 Å². The molecule has 37 heavy (non-hydrogen) atoms. The number of sulfonamides is 1. The summed E-state index contributed by atoms with van der Waals surface area (Å²) in [5.74, 6) is 1.16. The molecule has 4 rings (SSSR count). The average Bonchev–Trinajstić information content (AvgIpc) is 3.55. The van der Waals surface area contributed by atoms with Crippen LogP contribution in [0.1, 0.15) is 68.8 Å². The van der Waals surface area contributed by atoms with Gasteiger partial charge in [0.2, 0.25) is 10.0 Å². The molecule has 0 atom stereocenters.